The molecule has 0 amide bonds. The van der Waals surface area contributed by atoms with Crippen molar-refractivity contribution in [2.24, 2.45) is 5.73 Å². The van der Waals surface area contributed by atoms with Crippen LogP contribution in [0, 0.1) is 6.92 Å². The predicted molar refractivity (Wildman–Crippen MR) is 49.0 cm³/mol. The van der Waals surface area contributed by atoms with Crippen LogP contribution in [0.3, 0.4) is 0 Å². The standard InChI is InChI=1S/C8H9F3N2S/c1-4(8(9,10)11)6(12)7-5(2)13-3-14-7/h3,6H,1,12H2,2H3. The minimum atomic E-state index is -4.45. The van der Waals surface area contributed by atoms with Gasteiger partial charge in [0.2, 0.25) is 0 Å². The van der Waals surface area contributed by atoms with Gasteiger partial charge in [0, 0.05) is 10.5 Å². The second-order valence-corrected chi connectivity index (χ2v) is 3.69. The molecule has 14 heavy (non-hydrogen) atoms. The first-order valence-electron chi connectivity index (χ1n) is 3.75. The highest BCUT2D eigenvalue weighted by Crippen LogP contribution is 2.34. The van der Waals surface area contributed by atoms with Crippen LogP contribution in [-0.4, -0.2) is 11.2 Å². The molecule has 1 atom stereocenters. The van der Waals surface area contributed by atoms with Crippen LogP contribution in [0.1, 0.15) is 16.6 Å². The first kappa shape index (κ1) is 11.2. The van der Waals surface area contributed by atoms with Crippen LogP contribution in [0.15, 0.2) is 17.7 Å². The molecule has 1 rings (SSSR count). The lowest BCUT2D eigenvalue weighted by molar-refractivity contribution is -0.0952. The fraction of sp³-hybridized carbons (Fsp3) is 0.375. The average Bonchev–Trinajstić information content (AvgIpc) is 2.47. The second kappa shape index (κ2) is 3.70. The van der Waals surface area contributed by atoms with E-state index in [1.54, 1.807) is 6.92 Å². The summed E-state index contributed by atoms with van der Waals surface area (Å²) in [5, 5.41) is 0. The van der Waals surface area contributed by atoms with Gasteiger partial charge in [-0.05, 0) is 6.92 Å². The van der Waals surface area contributed by atoms with Crippen LogP contribution in [0.25, 0.3) is 0 Å². The minimum Gasteiger partial charge on any atom is -0.320 e. The van der Waals surface area contributed by atoms with Crippen molar-refractivity contribution in [3.8, 4) is 0 Å². The van der Waals surface area contributed by atoms with E-state index in [9.17, 15) is 13.2 Å². The Morgan fingerprint density at radius 3 is 2.57 bits per heavy atom. The lowest BCUT2D eigenvalue weighted by Crippen LogP contribution is -2.23. The maximum absolute atomic E-state index is 12.2. The van der Waals surface area contributed by atoms with Crippen molar-refractivity contribution in [3.63, 3.8) is 0 Å². The van der Waals surface area contributed by atoms with Gasteiger partial charge in [-0.15, -0.1) is 11.3 Å². The average molecular weight is 222 g/mol. The smallest absolute Gasteiger partial charge is 0.320 e. The molecule has 0 aromatic carbocycles. The monoisotopic (exact) mass is 222 g/mol. The number of halogens is 3. The second-order valence-electron chi connectivity index (χ2n) is 2.80. The van der Waals surface area contributed by atoms with Crippen LogP contribution in [-0.2, 0) is 0 Å². The zero-order chi connectivity index (χ0) is 10.9. The number of nitrogens with zero attached hydrogens (tertiary/aromatic N) is 1. The van der Waals surface area contributed by atoms with E-state index in [0.29, 0.717) is 10.6 Å². The van der Waals surface area contributed by atoms with Crippen molar-refractivity contribution in [1.29, 1.82) is 0 Å². The topological polar surface area (TPSA) is 38.9 Å². The summed E-state index contributed by atoms with van der Waals surface area (Å²) in [4.78, 5) is 4.24. The third-order valence-electron chi connectivity index (χ3n) is 1.80. The lowest BCUT2D eigenvalue weighted by Gasteiger charge is -2.16. The molecule has 1 aromatic rings. The van der Waals surface area contributed by atoms with Gasteiger partial charge in [-0.3, -0.25) is 0 Å². The van der Waals surface area contributed by atoms with E-state index in [-0.39, 0.29) is 0 Å². The quantitative estimate of drug-likeness (QED) is 0.781. The molecule has 0 spiro atoms. The maximum atomic E-state index is 12.2. The molecule has 78 valence electrons. The van der Waals surface area contributed by atoms with Crippen molar-refractivity contribution >= 4 is 11.3 Å². The summed E-state index contributed by atoms with van der Waals surface area (Å²) in [6.45, 7) is 4.57. The molecular formula is C8H9F3N2S. The molecular weight excluding hydrogens is 213 g/mol. The number of nitrogens with two attached hydrogens (primary N) is 1. The number of alkyl halides is 3. The van der Waals surface area contributed by atoms with E-state index in [4.69, 9.17) is 5.73 Å². The molecule has 0 bridgehead atoms. The van der Waals surface area contributed by atoms with Crippen molar-refractivity contribution in [3.05, 3.63) is 28.2 Å². The van der Waals surface area contributed by atoms with Crippen LogP contribution in [0.2, 0.25) is 0 Å². The molecule has 0 saturated carbocycles. The highest BCUT2D eigenvalue weighted by molar-refractivity contribution is 7.09. The number of thiazole rings is 1. The van der Waals surface area contributed by atoms with Crippen LogP contribution in [0.5, 0.6) is 0 Å². The van der Waals surface area contributed by atoms with Gasteiger partial charge in [-0.2, -0.15) is 13.2 Å². The molecule has 1 unspecified atom stereocenters. The summed E-state index contributed by atoms with van der Waals surface area (Å²) in [6, 6.07) is -1.21. The minimum absolute atomic E-state index is 0.410. The molecule has 0 aliphatic carbocycles. The number of hydrogen-bond acceptors (Lipinski definition) is 3. The summed E-state index contributed by atoms with van der Waals surface area (Å²) >= 11 is 1.11. The largest absolute Gasteiger partial charge is 0.413 e. The number of rotatable bonds is 2. The van der Waals surface area contributed by atoms with Gasteiger partial charge in [0.1, 0.15) is 0 Å². The fourth-order valence-corrected chi connectivity index (χ4v) is 1.78. The first-order chi connectivity index (χ1) is 6.34. The maximum Gasteiger partial charge on any atom is 0.413 e. The molecule has 0 fully saturated rings. The van der Waals surface area contributed by atoms with Gasteiger partial charge >= 0.3 is 6.18 Å². The molecule has 1 heterocycles. The van der Waals surface area contributed by atoms with Crippen molar-refractivity contribution in [1.82, 2.24) is 4.98 Å². The Kier molecular flexibility index (Phi) is 2.96. The Hall–Kier alpha value is -0.880. The van der Waals surface area contributed by atoms with Gasteiger partial charge in [-0.1, -0.05) is 6.58 Å². The van der Waals surface area contributed by atoms with Crippen molar-refractivity contribution < 1.29 is 13.2 Å². The van der Waals surface area contributed by atoms with Crippen LogP contribution >= 0.6 is 11.3 Å². The SMILES string of the molecule is C=C(C(N)c1scnc1C)C(F)(F)F. The van der Waals surface area contributed by atoms with E-state index < -0.39 is 17.8 Å². The summed E-state index contributed by atoms with van der Waals surface area (Å²) in [6.07, 6.45) is -4.45. The van der Waals surface area contributed by atoms with Crippen LogP contribution < -0.4 is 5.73 Å². The molecule has 1 aromatic heterocycles. The predicted octanol–water partition coefficient (Wildman–Crippen LogP) is 2.57. The molecule has 0 aliphatic heterocycles. The molecule has 0 radical (unpaired) electrons. The molecule has 6 heteroatoms. The van der Waals surface area contributed by atoms with Crippen molar-refractivity contribution in [2.45, 2.75) is 19.1 Å². The Bertz CT molecular complexity index is 343. The third-order valence-corrected chi connectivity index (χ3v) is 2.82. The fourth-order valence-electron chi connectivity index (χ4n) is 0.944. The number of aryl methyl sites for hydroxylation is 1. The Balaban J connectivity index is 2.92. The Morgan fingerprint density at radius 2 is 2.21 bits per heavy atom. The number of aromatic nitrogens is 1. The lowest BCUT2D eigenvalue weighted by atomic mass is 10.1. The van der Waals surface area contributed by atoms with E-state index in [1.807, 2.05) is 0 Å². The number of hydrogen-bond donors (Lipinski definition) is 1. The first-order valence-corrected chi connectivity index (χ1v) is 4.63. The summed E-state index contributed by atoms with van der Waals surface area (Å²) < 4.78 is 36.7. The third kappa shape index (κ3) is 2.13. The molecule has 0 saturated heterocycles. The zero-order valence-corrected chi connectivity index (χ0v) is 8.25. The van der Waals surface area contributed by atoms with Crippen LogP contribution in [0.4, 0.5) is 13.2 Å². The molecule has 0 aliphatic rings. The Labute approximate surface area is 83.3 Å². The molecule has 2 N–H and O–H groups in total. The summed E-state index contributed by atoms with van der Waals surface area (Å²) in [7, 11) is 0. The normalized spacial score (nSPS) is 14.1. The van der Waals surface area contributed by atoms with E-state index in [0.717, 1.165) is 11.3 Å². The highest BCUT2D eigenvalue weighted by atomic mass is 32.1. The summed E-state index contributed by atoms with van der Waals surface area (Å²) in [5.74, 6) is 0. The molecule has 2 nitrogen and oxygen atoms in total. The van der Waals surface area contributed by atoms with Gasteiger partial charge in [0.05, 0.1) is 17.2 Å². The van der Waals surface area contributed by atoms with Gasteiger partial charge in [0.25, 0.3) is 0 Å². The van der Waals surface area contributed by atoms with Crippen molar-refractivity contribution in [2.75, 3.05) is 0 Å². The van der Waals surface area contributed by atoms with E-state index >= 15 is 0 Å². The Morgan fingerprint density at radius 1 is 1.64 bits per heavy atom. The van der Waals surface area contributed by atoms with Gasteiger partial charge in [0.15, 0.2) is 0 Å². The van der Waals surface area contributed by atoms with E-state index in [2.05, 4.69) is 11.6 Å². The van der Waals surface area contributed by atoms with Gasteiger partial charge < -0.3 is 5.73 Å². The highest BCUT2D eigenvalue weighted by Gasteiger charge is 2.37. The zero-order valence-electron chi connectivity index (χ0n) is 7.43. The van der Waals surface area contributed by atoms with Gasteiger partial charge in [-0.25, -0.2) is 4.98 Å². The summed E-state index contributed by atoms with van der Waals surface area (Å²) in [5.41, 5.74) is 6.47. The van der Waals surface area contributed by atoms with E-state index in [1.165, 1.54) is 5.51 Å².